The van der Waals surface area contributed by atoms with E-state index in [-0.39, 0.29) is 17.3 Å². The maximum absolute atomic E-state index is 12.9. The second kappa shape index (κ2) is 7.48. The zero-order chi connectivity index (χ0) is 17.8. The number of aromatic amines is 1. The molecule has 1 atom stereocenters. The van der Waals surface area contributed by atoms with Crippen molar-refractivity contribution in [2.45, 2.75) is 25.9 Å². The molecule has 0 aliphatic heterocycles. The Morgan fingerprint density at radius 3 is 2.80 bits per heavy atom. The molecule has 0 bridgehead atoms. The second-order valence-electron chi connectivity index (χ2n) is 5.78. The molecule has 2 heterocycles. The third kappa shape index (κ3) is 4.67. The van der Waals surface area contributed by atoms with Gasteiger partial charge in [-0.3, -0.25) is 14.5 Å². The molecule has 2 aromatic heterocycles. The molecule has 0 saturated heterocycles. The van der Waals surface area contributed by atoms with Crippen molar-refractivity contribution in [3.05, 3.63) is 75.2 Å². The summed E-state index contributed by atoms with van der Waals surface area (Å²) in [5.74, 6) is 0.0617. The van der Waals surface area contributed by atoms with E-state index in [4.69, 9.17) is 11.6 Å². The van der Waals surface area contributed by atoms with Crippen molar-refractivity contribution in [2.75, 3.05) is 5.32 Å². The van der Waals surface area contributed by atoms with Gasteiger partial charge in [0.25, 0.3) is 5.56 Å². The van der Waals surface area contributed by atoms with Gasteiger partial charge in [-0.15, -0.1) is 0 Å². The van der Waals surface area contributed by atoms with E-state index in [0.29, 0.717) is 29.8 Å². The monoisotopic (exact) mass is 361 g/mol. The number of anilines is 1. The van der Waals surface area contributed by atoms with Crippen LogP contribution in [0.4, 0.5) is 10.3 Å². The van der Waals surface area contributed by atoms with Crippen LogP contribution in [0.1, 0.15) is 24.1 Å². The fraction of sp³-hybridized carbons (Fsp3) is 0.235. The van der Waals surface area contributed by atoms with Crippen LogP contribution in [0.15, 0.2) is 47.5 Å². The molecule has 0 fully saturated rings. The molecule has 0 radical (unpaired) electrons. The topological polar surface area (TPSA) is 75.6 Å². The average molecular weight is 362 g/mol. The Hall–Kier alpha value is -2.67. The van der Waals surface area contributed by atoms with E-state index in [1.165, 1.54) is 18.2 Å². The van der Waals surface area contributed by atoms with E-state index in [0.717, 1.165) is 5.56 Å². The van der Waals surface area contributed by atoms with Crippen molar-refractivity contribution >= 4 is 17.5 Å². The summed E-state index contributed by atoms with van der Waals surface area (Å²) in [7, 11) is 0. The smallest absolute Gasteiger partial charge is 0.252 e. The minimum atomic E-state index is -0.287. The summed E-state index contributed by atoms with van der Waals surface area (Å²) in [5, 5.41) is 7.75. The highest BCUT2D eigenvalue weighted by Crippen LogP contribution is 2.16. The van der Waals surface area contributed by atoms with Gasteiger partial charge in [-0.25, -0.2) is 9.37 Å². The molecule has 1 aromatic carbocycles. The number of hydrogen-bond acceptors (Lipinski definition) is 4. The summed E-state index contributed by atoms with van der Waals surface area (Å²) in [6, 6.07) is 7.60. The molecule has 0 aliphatic rings. The zero-order valence-electron chi connectivity index (χ0n) is 13.5. The Labute approximate surface area is 148 Å². The lowest BCUT2D eigenvalue weighted by molar-refractivity contribution is 0.533. The maximum atomic E-state index is 12.9. The molecule has 0 spiro atoms. The number of hydrogen-bond donors (Lipinski definition) is 2. The molecule has 3 aromatic rings. The van der Waals surface area contributed by atoms with Crippen LogP contribution < -0.4 is 10.9 Å². The molecule has 0 aliphatic carbocycles. The molecular formula is C17H17ClFN5O. The van der Waals surface area contributed by atoms with Crippen molar-refractivity contribution in [3.63, 3.8) is 0 Å². The summed E-state index contributed by atoms with van der Waals surface area (Å²) < 4.78 is 14.6. The van der Waals surface area contributed by atoms with Crippen LogP contribution in [-0.2, 0) is 13.1 Å². The van der Waals surface area contributed by atoms with Crippen LogP contribution in [0.5, 0.6) is 0 Å². The van der Waals surface area contributed by atoms with Crippen LogP contribution in [0.3, 0.4) is 0 Å². The van der Waals surface area contributed by atoms with Gasteiger partial charge in [-0.05, 0) is 17.7 Å². The summed E-state index contributed by atoms with van der Waals surface area (Å²) in [4.78, 5) is 19.0. The van der Waals surface area contributed by atoms with Crippen molar-refractivity contribution in [3.8, 4) is 0 Å². The predicted octanol–water partition coefficient (Wildman–Crippen LogP) is 3.17. The fourth-order valence-corrected chi connectivity index (χ4v) is 2.57. The van der Waals surface area contributed by atoms with Crippen LogP contribution in [0, 0.1) is 5.82 Å². The molecular weight excluding hydrogens is 345 g/mol. The second-order valence-corrected chi connectivity index (χ2v) is 6.22. The van der Waals surface area contributed by atoms with E-state index in [9.17, 15) is 9.18 Å². The Bertz CT molecular complexity index is 906. The van der Waals surface area contributed by atoms with Gasteiger partial charge in [-0.1, -0.05) is 30.7 Å². The van der Waals surface area contributed by atoms with Crippen LogP contribution >= 0.6 is 11.6 Å². The lowest BCUT2D eigenvalue weighted by atomic mass is 10.1. The fourth-order valence-electron chi connectivity index (χ4n) is 2.41. The normalized spacial score (nSPS) is 12.1. The molecule has 3 rings (SSSR count). The number of H-pyrrole nitrogens is 1. The number of nitrogens with zero attached hydrogens (tertiary/aromatic N) is 3. The lowest BCUT2D eigenvalue weighted by Crippen LogP contribution is -2.17. The van der Waals surface area contributed by atoms with Crippen LogP contribution in [-0.4, -0.2) is 19.7 Å². The third-order valence-corrected chi connectivity index (χ3v) is 3.90. The largest absolute Gasteiger partial charge is 0.352 e. The van der Waals surface area contributed by atoms with Gasteiger partial charge in [-0.2, -0.15) is 5.10 Å². The summed E-state index contributed by atoms with van der Waals surface area (Å²) in [6.07, 6.45) is 3.29. The highest BCUT2D eigenvalue weighted by Gasteiger charge is 2.11. The number of aromatic nitrogens is 4. The lowest BCUT2D eigenvalue weighted by Gasteiger charge is -2.13. The van der Waals surface area contributed by atoms with Crippen molar-refractivity contribution in [1.82, 2.24) is 19.7 Å². The minimum Gasteiger partial charge on any atom is -0.352 e. The maximum Gasteiger partial charge on any atom is 0.252 e. The Kier molecular flexibility index (Phi) is 5.14. The highest BCUT2D eigenvalue weighted by atomic mass is 35.5. The highest BCUT2D eigenvalue weighted by molar-refractivity contribution is 6.30. The molecule has 0 saturated carbocycles. The molecule has 2 N–H and O–H groups in total. The predicted molar refractivity (Wildman–Crippen MR) is 94.2 cm³/mol. The number of nitrogens with one attached hydrogen (secondary N) is 2. The number of benzene rings is 1. The van der Waals surface area contributed by atoms with Gasteiger partial charge in [0.1, 0.15) is 5.82 Å². The summed E-state index contributed by atoms with van der Waals surface area (Å²) in [6.45, 7) is 2.94. The van der Waals surface area contributed by atoms with Gasteiger partial charge in [0.2, 0.25) is 5.95 Å². The molecule has 8 heteroatoms. The van der Waals surface area contributed by atoms with E-state index in [2.05, 4.69) is 20.4 Å². The van der Waals surface area contributed by atoms with Gasteiger partial charge in [0, 0.05) is 31.3 Å². The van der Waals surface area contributed by atoms with Crippen molar-refractivity contribution in [2.24, 2.45) is 0 Å². The van der Waals surface area contributed by atoms with Gasteiger partial charge >= 0.3 is 0 Å². The zero-order valence-corrected chi connectivity index (χ0v) is 14.3. The Morgan fingerprint density at radius 2 is 2.12 bits per heavy atom. The quantitative estimate of drug-likeness (QED) is 0.707. The van der Waals surface area contributed by atoms with Crippen LogP contribution in [0.25, 0.3) is 0 Å². The van der Waals surface area contributed by atoms with E-state index in [1.54, 1.807) is 29.2 Å². The molecule has 0 unspecified atom stereocenters. The van der Waals surface area contributed by atoms with Crippen molar-refractivity contribution in [1.29, 1.82) is 0 Å². The third-order valence-electron chi connectivity index (χ3n) is 3.70. The molecule has 130 valence electrons. The van der Waals surface area contributed by atoms with E-state index >= 15 is 0 Å². The first-order valence-electron chi connectivity index (χ1n) is 7.77. The Morgan fingerprint density at radius 1 is 1.36 bits per heavy atom. The molecule has 6 nitrogen and oxygen atoms in total. The molecule has 25 heavy (non-hydrogen) atoms. The minimum absolute atomic E-state index is 0.0235. The summed E-state index contributed by atoms with van der Waals surface area (Å²) in [5.41, 5.74) is 1.29. The van der Waals surface area contributed by atoms with E-state index in [1.807, 2.05) is 6.92 Å². The van der Waals surface area contributed by atoms with Gasteiger partial charge in [0.15, 0.2) is 0 Å². The SMILES string of the molecule is C[C@@H](Cn1cc(Cl)cn1)c1cc(=O)[nH]c(NCc2ccc(F)cc2)n1. The average Bonchev–Trinajstić information content (AvgIpc) is 2.99. The van der Waals surface area contributed by atoms with Gasteiger partial charge in [0.05, 0.1) is 16.9 Å². The standard InChI is InChI=1S/C17H17ClFN5O/c1-11(9-24-10-13(18)8-21-24)15-6-16(25)23-17(22-15)20-7-12-2-4-14(19)5-3-12/h2-6,8,10-11H,7,9H2,1H3,(H2,20,22,23,25)/t11-/m0/s1. The van der Waals surface area contributed by atoms with Crippen LogP contribution in [0.2, 0.25) is 5.02 Å². The van der Waals surface area contributed by atoms with Gasteiger partial charge < -0.3 is 5.32 Å². The Balaban J connectivity index is 1.71. The number of rotatable bonds is 6. The van der Waals surface area contributed by atoms with E-state index < -0.39 is 0 Å². The first-order valence-corrected chi connectivity index (χ1v) is 8.15. The summed E-state index contributed by atoms with van der Waals surface area (Å²) >= 11 is 5.86. The first kappa shape index (κ1) is 17.2. The first-order chi connectivity index (χ1) is 12.0. The van der Waals surface area contributed by atoms with Crippen molar-refractivity contribution < 1.29 is 4.39 Å². The number of halogens is 2. The molecule has 0 amide bonds.